The van der Waals surface area contributed by atoms with Crippen molar-refractivity contribution in [3.05, 3.63) is 12.0 Å². The quantitative estimate of drug-likeness (QED) is 0.798. The molecule has 0 amide bonds. The lowest BCUT2D eigenvalue weighted by Gasteiger charge is -2.29. The standard InChI is InChI=1S/C12H20ClN3O2S/c1-3-15-9-12(14-10(15)2)19(17,18)16-6-4-11(8-13)5-7-16/h9,11H,3-8H2,1-2H3. The molecule has 0 bridgehead atoms. The zero-order valence-electron chi connectivity index (χ0n) is 11.3. The highest BCUT2D eigenvalue weighted by Crippen LogP contribution is 2.24. The van der Waals surface area contributed by atoms with Gasteiger partial charge in [-0.25, -0.2) is 13.4 Å². The molecule has 7 heteroatoms. The van der Waals surface area contributed by atoms with E-state index in [0.29, 0.717) is 24.9 Å². The number of piperidine rings is 1. The van der Waals surface area contributed by atoms with Crippen molar-refractivity contribution in [2.45, 2.75) is 38.3 Å². The summed E-state index contributed by atoms with van der Waals surface area (Å²) in [7, 11) is -3.45. The summed E-state index contributed by atoms with van der Waals surface area (Å²) < 4.78 is 28.3. The van der Waals surface area contributed by atoms with Crippen LogP contribution < -0.4 is 0 Å². The minimum atomic E-state index is -3.45. The number of alkyl halides is 1. The normalized spacial score (nSPS) is 18.9. The van der Waals surface area contributed by atoms with Gasteiger partial charge in [0.15, 0.2) is 5.03 Å². The van der Waals surface area contributed by atoms with Crippen molar-refractivity contribution in [3.63, 3.8) is 0 Å². The average Bonchev–Trinajstić information content (AvgIpc) is 2.81. The Morgan fingerprint density at radius 1 is 1.42 bits per heavy atom. The summed E-state index contributed by atoms with van der Waals surface area (Å²) >= 11 is 5.82. The van der Waals surface area contributed by atoms with Crippen LogP contribution in [-0.4, -0.2) is 41.2 Å². The minimum absolute atomic E-state index is 0.163. The second-order valence-corrected chi connectivity index (χ2v) is 7.11. The highest BCUT2D eigenvalue weighted by atomic mass is 35.5. The van der Waals surface area contributed by atoms with E-state index in [2.05, 4.69) is 4.98 Å². The molecule has 19 heavy (non-hydrogen) atoms. The van der Waals surface area contributed by atoms with Crippen LogP contribution in [0.4, 0.5) is 0 Å². The van der Waals surface area contributed by atoms with Gasteiger partial charge < -0.3 is 4.57 Å². The maximum atomic E-state index is 12.5. The molecule has 1 aliphatic rings. The van der Waals surface area contributed by atoms with Crippen molar-refractivity contribution in [1.82, 2.24) is 13.9 Å². The lowest BCUT2D eigenvalue weighted by molar-refractivity contribution is 0.289. The monoisotopic (exact) mass is 305 g/mol. The molecule has 0 unspecified atom stereocenters. The molecule has 0 N–H and O–H groups in total. The SMILES string of the molecule is CCn1cc(S(=O)(=O)N2CCC(CCl)CC2)nc1C. The van der Waals surface area contributed by atoms with Crippen molar-refractivity contribution in [3.8, 4) is 0 Å². The highest BCUT2D eigenvalue weighted by molar-refractivity contribution is 7.89. The first-order valence-corrected chi connectivity index (χ1v) is 8.56. The fraction of sp³-hybridized carbons (Fsp3) is 0.750. The molecule has 1 fully saturated rings. The smallest absolute Gasteiger partial charge is 0.262 e. The number of hydrogen-bond donors (Lipinski definition) is 0. The Kier molecular flexibility index (Phi) is 4.53. The van der Waals surface area contributed by atoms with Gasteiger partial charge >= 0.3 is 0 Å². The number of rotatable bonds is 4. The van der Waals surface area contributed by atoms with E-state index in [-0.39, 0.29) is 5.03 Å². The summed E-state index contributed by atoms with van der Waals surface area (Å²) in [6.45, 7) is 5.59. The van der Waals surface area contributed by atoms with Crippen LogP contribution in [0.2, 0.25) is 0 Å². The first kappa shape index (κ1) is 14.8. The van der Waals surface area contributed by atoms with Crippen LogP contribution in [0, 0.1) is 12.8 Å². The average molecular weight is 306 g/mol. The van der Waals surface area contributed by atoms with Crippen molar-refractivity contribution in [1.29, 1.82) is 0 Å². The third-order valence-corrected chi connectivity index (χ3v) is 5.90. The van der Waals surface area contributed by atoms with Crippen LogP contribution in [-0.2, 0) is 16.6 Å². The molecule has 5 nitrogen and oxygen atoms in total. The summed E-state index contributed by atoms with van der Waals surface area (Å²) in [5, 5.41) is 0.163. The van der Waals surface area contributed by atoms with E-state index in [1.807, 2.05) is 18.4 Å². The van der Waals surface area contributed by atoms with Crippen LogP contribution in [0.3, 0.4) is 0 Å². The molecule has 2 rings (SSSR count). The number of sulfonamides is 1. The molecule has 0 radical (unpaired) electrons. The van der Waals surface area contributed by atoms with Crippen LogP contribution >= 0.6 is 11.6 Å². The van der Waals surface area contributed by atoms with Crippen molar-refractivity contribution >= 4 is 21.6 Å². The maximum absolute atomic E-state index is 12.5. The van der Waals surface area contributed by atoms with Gasteiger partial charge in [-0.2, -0.15) is 4.31 Å². The number of halogens is 1. The third kappa shape index (κ3) is 2.95. The summed E-state index contributed by atoms with van der Waals surface area (Å²) in [6.07, 6.45) is 3.28. The Bertz CT molecular complexity index is 533. The summed E-state index contributed by atoms with van der Waals surface area (Å²) in [6, 6.07) is 0. The van der Waals surface area contributed by atoms with Crippen LogP contribution in [0.1, 0.15) is 25.6 Å². The number of hydrogen-bond acceptors (Lipinski definition) is 3. The minimum Gasteiger partial charge on any atom is -0.334 e. The first-order chi connectivity index (χ1) is 8.98. The molecular weight excluding hydrogens is 286 g/mol. The van der Waals surface area contributed by atoms with Gasteiger partial charge in [-0.3, -0.25) is 0 Å². The van der Waals surface area contributed by atoms with Crippen LogP contribution in [0.5, 0.6) is 0 Å². The van der Waals surface area contributed by atoms with E-state index in [0.717, 1.165) is 25.2 Å². The van der Waals surface area contributed by atoms with Gasteiger partial charge in [0.1, 0.15) is 5.82 Å². The number of nitrogens with zero attached hydrogens (tertiary/aromatic N) is 3. The van der Waals surface area contributed by atoms with Gasteiger partial charge in [-0.05, 0) is 32.6 Å². The second kappa shape index (κ2) is 5.81. The van der Waals surface area contributed by atoms with E-state index in [9.17, 15) is 8.42 Å². The zero-order chi connectivity index (χ0) is 14.0. The summed E-state index contributed by atoms with van der Waals surface area (Å²) in [4.78, 5) is 4.17. The second-order valence-electron chi connectivity index (χ2n) is 4.91. The van der Waals surface area contributed by atoms with Crippen molar-refractivity contribution in [2.75, 3.05) is 19.0 Å². The van der Waals surface area contributed by atoms with E-state index in [1.165, 1.54) is 4.31 Å². The Balaban J connectivity index is 2.18. The summed E-state index contributed by atoms with van der Waals surface area (Å²) in [5.41, 5.74) is 0. The van der Waals surface area contributed by atoms with E-state index < -0.39 is 10.0 Å². The van der Waals surface area contributed by atoms with Crippen LogP contribution in [0.25, 0.3) is 0 Å². The lowest BCUT2D eigenvalue weighted by atomic mass is 10.0. The van der Waals surface area contributed by atoms with Crippen molar-refractivity contribution in [2.24, 2.45) is 5.92 Å². The molecule has 108 valence electrons. The third-order valence-electron chi connectivity index (χ3n) is 3.69. The summed E-state index contributed by atoms with van der Waals surface area (Å²) in [5.74, 6) is 1.78. The van der Waals surface area contributed by atoms with Gasteiger partial charge in [0, 0.05) is 31.7 Å². The molecule has 1 saturated heterocycles. The van der Waals surface area contributed by atoms with Gasteiger partial charge in [0.2, 0.25) is 0 Å². The Hall–Kier alpha value is -0.590. The van der Waals surface area contributed by atoms with Gasteiger partial charge in [-0.1, -0.05) is 0 Å². The molecule has 0 aromatic carbocycles. The van der Waals surface area contributed by atoms with E-state index in [4.69, 9.17) is 11.6 Å². The topological polar surface area (TPSA) is 55.2 Å². The Morgan fingerprint density at radius 2 is 2.05 bits per heavy atom. The number of aromatic nitrogens is 2. The molecule has 1 aromatic heterocycles. The van der Waals surface area contributed by atoms with Crippen molar-refractivity contribution < 1.29 is 8.42 Å². The van der Waals surface area contributed by atoms with Gasteiger partial charge in [0.05, 0.1) is 0 Å². The molecule has 2 heterocycles. The van der Waals surface area contributed by atoms with Gasteiger partial charge in [-0.15, -0.1) is 11.6 Å². The molecule has 0 aliphatic carbocycles. The predicted molar refractivity (Wildman–Crippen MR) is 74.8 cm³/mol. The van der Waals surface area contributed by atoms with Crippen LogP contribution in [0.15, 0.2) is 11.2 Å². The maximum Gasteiger partial charge on any atom is 0.262 e. The first-order valence-electron chi connectivity index (χ1n) is 6.59. The molecule has 0 saturated carbocycles. The molecule has 0 spiro atoms. The molecular formula is C12H20ClN3O2S. The van der Waals surface area contributed by atoms with Gasteiger partial charge in [0.25, 0.3) is 10.0 Å². The Labute approximate surface area is 119 Å². The number of aryl methyl sites for hydroxylation is 2. The van der Waals surface area contributed by atoms with E-state index in [1.54, 1.807) is 6.20 Å². The lowest BCUT2D eigenvalue weighted by Crippen LogP contribution is -2.38. The fourth-order valence-electron chi connectivity index (χ4n) is 2.36. The zero-order valence-corrected chi connectivity index (χ0v) is 12.9. The van der Waals surface area contributed by atoms with E-state index >= 15 is 0 Å². The Morgan fingerprint density at radius 3 is 2.53 bits per heavy atom. The molecule has 1 aromatic rings. The fourth-order valence-corrected chi connectivity index (χ4v) is 4.13. The molecule has 1 aliphatic heterocycles. The molecule has 0 atom stereocenters. The largest absolute Gasteiger partial charge is 0.334 e. The number of imidazole rings is 1. The predicted octanol–water partition coefficient (Wildman–Crippen LogP) is 1.85. The highest BCUT2D eigenvalue weighted by Gasteiger charge is 2.31.